The van der Waals surface area contributed by atoms with Gasteiger partial charge in [0.05, 0.1) is 22.8 Å². The number of rotatable bonds is 4. The second-order valence-corrected chi connectivity index (χ2v) is 5.72. The third kappa shape index (κ3) is 3.68. The molecule has 0 saturated heterocycles. The molecule has 7 heteroatoms. The van der Waals surface area contributed by atoms with E-state index in [1.807, 2.05) is 18.2 Å². The Morgan fingerprint density at radius 1 is 1.08 bits per heavy atom. The van der Waals surface area contributed by atoms with Gasteiger partial charge in [0.25, 0.3) is 0 Å². The molecule has 0 amide bonds. The van der Waals surface area contributed by atoms with E-state index in [9.17, 15) is 13.2 Å². The lowest BCUT2D eigenvalue weighted by molar-refractivity contribution is -0.274. The van der Waals surface area contributed by atoms with Crippen LogP contribution in [0.4, 0.5) is 13.2 Å². The number of aromatic nitrogens is 1. The van der Waals surface area contributed by atoms with Gasteiger partial charge in [-0.05, 0) is 24.3 Å². The van der Waals surface area contributed by atoms with E-state index in [0.29, 0.717) is 11.3 Å². The molecule has 2 aromatic carbocycles. The standard InChI is InChI=1S/C17H12F3NO2S/c1-22-14-8-7-13(23-17(18,19)20)9-12(14)6-5-11-3-2-4-15-16(11)21-10-24-15/h2-10H,1H3/b6-5+. The van der Waals surface area contributed by atoms with Crippen LogP contribution in [0, 0.1) is 0 Å². The lowest BCUT2D eigenvalue weighted by atomic mass is 10.1. The van der Waals surface area contributed by atoms with E-state index in [2.05, 4.69) is 9.72 Å². The first-order chi connectivity index (χ1) is 11.5. The van der Waals surface area contributed by atoms with Crippen LogP contribution in [-0.2, 0) is 0 Å². The summed E-state index contributed by atoms with van der Waals surface area (Å²) in [5, 5.41) is 0. The van der Waals surface area contributed by atoms with Gasteiger partial charge < -0.3 is 9.47 Å². The van der Waals surface area contributed by atoms with Gasteiger partial charge in [0.15, 0.2) is 0 Å². The number of hydrogen-bond acceptors (Lipinski definition) is 4. The zero-order valence-corrected chi connectivity index (χ0v) is 13.3. The second-order valence-electron chi connectivity index (χ2n) is 4.83. The number of halogens is 3. The minimum Gasteiger partial charge on any atom is -0.496 e. The quantitative estimate of drug-likeness (QED) is 0.592. The fraction of sp³-hybridized carbons (Fsp3) is 0.118. The number of alkyl halides is 3. The molecule has 3 nitrogen and oxygen atoms in total. The Kier molecular flexibility index (Phi) is 4.44. The monoisotopic (exact) mass is 351 g/mol. The van der Waals surface area contributed by atoms with Crippen LogP contribution in [0.2, 0.25) is 0 Å². The summed E-state index contributed by atoms with van der Waals surface area (Å²) < 4.78 is 47.3. The van der Waals surface area contributed by atoms with Gasteiger partial charge in [-0.1, -0.05) is 24.3 Å². The number of hydrogen-bond donors (Lipinski definition) is 0. The van der Waals surface area contributed by atoms with Crippen molar-refractivity contribution in [1.29, 1.82) is 0 Å². The fourth-order valence-corrected chi connectivity index (χ4v) is 2.97. The summed E-state index contributed by atoms with van der Waals surface area (Å²) >= 11 is 1.52. The Morgan fingerprint density at radius 2 is 1.88 bits per heavy atom. The van der Waals surface area contributed by atoms with E-state index in [1.165, 1.54) is 36.6 Å². The molecule has 0 fully saturated rings. The van der Waals surface area contributed by atoms with Gasteiger partial charge in [0.1, 0.15) is 11.5 Å². The van der Waals surface area contributed by atoms with Crippen molar-refractivity contribution in [2.45, 2.75) is 6.36 Å². The molecule has 0 aliphatic carbocycles. The molecule has 124 valence electrons. The van der Waals surface area contributed by atoms with Crippen LogP contribution in [0.3, 0.4) is 0 Å². The Bertz CT molecular complexity index is 887. The molecule has 24 heavy (non-hydrogen) atoms. The average molecular weight is 351 g/mol. The van der Waals surface area contributed by atoms with E-state index in [-0.39, 0.29) is 5.75 Å². The van der Waals surface area contributed by atoms with Crippen molar-refractivity contribution in [1.82, 2.24) is 4.98 Å². The molecular formula is C17H12F3NO2S. The number of benzene rings is 2. The van der Waals surface area contributed by atoms with Crippen LogP contribution in [-0.4, -0.2) is 18.5 Å². The van der Waals surface area contributed by atoms with Gasteiger partial charge in [-0.15, -0.1) is 24.5 Å². The van der Waals surface area contributed by atoms with Crippen molar-refractivity contribution in [3.8, 4) is 11.5 Å². The highest BCUT2D eigenvalue weighted by molar-refractivity contribution is 7.16. The van der Waals surface area contributed by atoms with Gasteiger partial charge in [0.2, 0.25) is 0 Å². The predicted molar refractivity (Wildman–Crippen MR) is 88.2 cm³/mol. The number of ether oxygens (including phenoxy) is 2. The molecule has 0 atom stereocenters. The van der Waals surface area contributed by atoms with E-state index in [4.69, 9.17) is 4.74 Å². The number of nitrogens with zero attached hydrogens (tertiary/aromatic N) is 1. The van der Waals surface area contributed by atoms with Crippen molar-refractivity contribution in [3.05, 3.63) is 53.0 Å². The molecule has 0 spiro atoms. The van der Waals surface area contributed by atoms with Crippen molar-refractivity contribution in [2.24, 2.45) is 0 Å². The first-order valence-corrected chi connectivity index (χ1v) is 7.78. The molecule has 0 radical (unpaired) electrons. The average Bonchev–Trinajstić information content (AvgIpc) is 3.00. The molecule has 0 saturated carbocycles. The summed E-state index contributed by atoms with van der Waals surface area (Å²) in [7, 11) is 1.46. The van der Waals surface area contributed by atoms with Gasteiger partial charge in [-0.2, -0.15) is 0 Å². The molecular weight excluding hydrogens is 339 g/mol. The molecule has 0 aliphatic rings. The molecule has 0 aliphatic heterocycles. The summed E-state index contributed by atoms with van der Waals surface area (Å²) in [6, 6.07) is 9.68. The van der Waals surface area contributed by atoms with Crippen molar-refractivity contribution < 1.29 is 22.6 Å². The zero-order valence-electron chi connectivity index (χ0n) is 12.5. The molecule has 1 aromatic heterocycles. The van der Waals surface area contributed by atoms with Gasteiger partial charge in [-0.25, -0.2) is 4.98 Å². The summed E-state index contributed by atoms with van der Waals surface area (Å²) in [4.78, 5) is 4.30. The molecule has 1 heterocycles. The Balaban J connectivity index is 1.95. The largest absolute Gasteiger partial charge is 0.573 e. The fourth-order valence-electron chi connectivity index (χ4n) is 2.26. The molecule has 0 bridgehead atoms. The maximum absolute atomic E-state index is 12.4. The normalized spacial score (nSPS) is 12.0. The summed E-state index contributed by atoms with van der Waals surface area (Å²) in [5.74, 6) is 0.154. The first-order valence-electron chi connectivity index (χ1n) is 6.90. The highest BCUT2D eigenvalue weighted by Crippen LogP contribution is 2.30. The SMILES string of the molecule is COc1ccc(OC(F)(F)F)cc1/C=C/c1cccc2scnc12. The van der Waals surface area contributed by atoms with Crippen LogP contribution in [0.25, 0.3) is 22.4 Å². The topological polar surface area (TPSA) is 31.4 Å². The predicted octanol–water partition coefficient (Wildman–Crippen LogP) is 5.37. The van der Waals surface area contributed by atoms with Gasteiger partial charge in [0, 0.05) is 11.1 Å². The number of methoxy groups -OCH3 is 1. The number of para-hydroxylation sites is 1. The third-order valence-electron chi connectivity index (χ3n) is 3.27. The minimum atomic E-state index is -4.73. The first kappa shape index (κ1) is 16.3. The molecule has 0 N–H and O–H groups in total. The van der Waals surface area contributed by atoms with Crippen LogP contribution in [0.5, 0.6) is 11.5 Å². The van der Waals surface area contributed by atoms with Gasteiger partial charge in [-0.3, -0.25) is 0 Å². The maximum Gasteiger partial charge on any atom is 0.573 e. The summed E-state index contributed by atoms with van der Waals surface area (Å²) in [6.07, 6.45) is -1.27. The number of fused-ring (bicyclic) bond motifs is 1. The highest BCUT2D eigenvalue weighted by Gasteiger charge is 2.31. The van der Waals surface area contributed by atoms with Crippen LogP contribution in [0.15, 0.2) is 41.9 Å². The number of thiazole rings is 1. The Labute approximate surface area is 140 Å². The van der Waals surface area contributed by atoms with Gasteiger partial charge >= 0.3 is 6.36 Å². The van der Waals surface area contributed by atoms with E-state index in [0.717, 1.165) is 15.8 Å². The Morgan fingerprint density at radius 3 is 2.62 bits per heavy atom. The highest BCUT2D eigenvalue weighted by atomic mass is 32.1. The summed E-state index contributed by atoms with van der Waals surface area (Å²) in [6.45, 7) is 0. The molecule has 3 aromatic rings. The lowest BCUT2D eigenvalue weighted by Gasteiger charge is -2.11. The van der Waals surface area contributed by atoms with E-state index < -0.39 is 6.36 Å². The van der Waals surface area contributed by atoms with E-state index in [1.54, 1.807) is 17.7 Å². The Hall–Kier alpha value is -2.54. The lowest BCUT2D eigenvalue weighted by Crippen LogP contribution is -2.17. The zero-order chi connectivity index (χ0) is 17.2. The van der Waals surface area contributed by atoms with Crippen LogP contribution >= 0.6 is 11.3 Å². The van der Waals surface area contributed by atoms with E-state index >= 15 is 0 Å². The smallest absolute Gasteiger partial charge is 0.496 e. The van der Waals surface area contributed by atoms with Crippen molar-refractivity contribution >= 4 is 33.7 Å². The van der Waals surface area contributed by atoms with Crippen molar-refractivity contribution in [3.63, 3.8) is 0 Å². The van der Waals surface area contributed by atoms with Crippen LogP contribution < -0.4 is 9.47 Å². The van der Waals surface area contributed by atoms with Crippen LogP contribution in [0.1, 0.15) is 11.1 Å². The minimum absolute atomic E-state index is 0.296. The van der Waals surface area contributed by atoms with Crippen molar-refractivity contribution in [2.75, 3.05) is 7.11 Å². The second kappa shape index (κ2) is 6.52. The third-order valence-corrected chi connectivity index (χ3v) is 4.06. The molecule has 3 rings (SSSR count). The maximum atomic E-state index is 12.4. The molecule has 0 unspecified atom stereocenters. The summed E-state index contributed by atoms with van der Waals surface area (Å²) in [5.41, 5.74) is 3.95.